The molecule has 3 N–H and O–H groups in total. The zero-order chi connectivity index (χ0) is 16.4. The van der Waals surface area contributed by atoms with Gasteiger partial charge in [0.15, 0.2) is 0 Å². The number of anilines is 2. The van der Waals surface area contributed by atoms with Gasteiger partial charge in [-0.25, -0.2) is 9.78 Å². The number of alkyl carbamates (subject to hydrolysis) is 1. The molecule has 1 aliphatic heterocycles. The smallest absolute Gasteiger partial charge is 0.407 e. The first-order valence-corrected chi connectivity index (χ1v) is 7.33. The summed E-state index contributed by atoms with van der Waals surface area (Å²) in [5.41, 5.74) is 7.24. The summed E-state index contributed by atoms with van der Waals surface area (Å²) in [5, 5.41) is 6.78. The van der Waals surface area contributed by atoms with Crippen molar-refractivity contribution in [3.63, 3.8) is 0 Å². The zero-order valence-electron chi connectivity index (χ0n) is 13.1. The SMILES string of the molecule is CNC(=O)O[C@@H]1CCN(c2cc(-c3ccn(C)n3)nc(N)n2)C1. The minimum Gasteiger partial charge on any atom is -0.444 e. The van der Waals surface area contributed by atoms with Gasteiger partial charge in [-0.2, -0.15) is 10.1 Å². The highest BCUT2D eigenvalue weighted by Crippen LogP contribution is 2.25. The molecule has 1 aliphatic rings. The average molecular weight is 317 g/mol. The number of amides is 1. The van der Waals surface area contributed by atoms with Crippen LogP contribution < -0.4 is 16.0 Å². The molecule has 2 aromatic rings. The first-order chi connectivity index (χ1) is 11.0. The molecule has 9 nitrogen and oxygen atoms in total. The van der Waals surface area contributed by atoms with Gasteiger partial charge in [-0.1, -0.05) is 0 Å². The molecule has 0 saturated carbocycles. The van der Waals surface area contributed by atoms with Crippen LogP contribution in [-0.4, -0.2) is 52.1 Å². The summed E-state index contributed by atoms with van der Waals surface area (Å²) >= 11 is 0. The lowest BCUT2D eigenvalue weighted by Crippen LogP contribution is -2.29. The minimum absolute atomic E-state index is 0.163. The maximum Gasteiger partial charge on any atom is 0.407 e. The summed E-state index contributed by atoms with van der Waals surface area (Å²) in [6.45, 7) is 1.31. The van der Waals surface area contributed by atoms with E-state index in [-0.39, 0.29) is 12.1 Å². The highest BCUT2D eigenvalue weighted by molar-refractivity contribution is 5.67. The highest BCUT2D eigenvalue weighted by Gasteiger charge is 2.27. The van der Waals surface area contributed by atoms with Gasteiger partial charge in [0.2, 0.25) is 5.95 Å². The minimum atomic E-state index is -0.423. The number of nitrogens with two attached hydrogens (primary N) is 1. The van der Waals surface area contributed by atoms with Gasteiger partial charge in [0.05, 0.1) is 12.2 Å². The molecule has 2 aromatic heterocycles. The predicted octanol–water partition coefficient (Wildman–Crippen LogP) is 0.394. The van der Waals surface area contributed by atoms with E-state index in [2.05, 4.69) is 20.4 Å². The molecule has 1 amide bonds. The Morgan fingerprint density at radius 3 is 2.96 bits per heavy atom. The monoisotopic (exact) mass is 317 g/mol. The lowest BCUT2D eigenvalue weighted by Gasteiger charge is -2.18. The second kappa shape index (κ2) is 6.11. The zero-order valence-corrected chi connectivity index (χ0v) is 13.1. The summed E-state index contributed by atoms with van der Waals surface area (Å²) < 4.78 is 6.98. The number of nitrogen functional groups attached to an aromatic ring is 1. The molecule has 122 valence electrons. The van der Waals surface area contributed by atoms with Crippen molar-refractivity contribution < 1.29 is 9.53 Å². The maximum atomic E-state index is 11.3. The largest absolute Gasteiger partial charge is 0.444 e. The molecule has 0 radical (unpaired) electrons. The van der Waals surface area contributed by atoms with Crippen molar-refractivity contribution in [1.29, 1.82) is 0 Å². The van der Waals surface area contributed by atoms with E-state index in [0.29, 0.717) is 18.1 Å². The molecule has 0 spiro atoms. The van der Waals surface area contributed by atoms with Crippen LogP contribution in [0.25, 0.3) is 11.4 Å². The van der Waals surface area contributed by atoms with Crippen molar-refractivity contribution in [2.45, 2.75) is 12.5 Å². The highest BCUT2D eigenvalue weighted by atomic mass is 16.6. The number of aromatic nitrogens is 4. The molecule has 3 heterocycles. The normalized spacial score (nSPS) is 17.3. The van der Waals surface area contributed by atoms with E-state index in [0.717, 1.165) is 18.7 Å². The van der Waals surface area contributed by atoms with Crippen molar-refractivity contribution in [3.05, 3.63) is 18.3 Å². The third-order valence-electron chi connectivity index (χ3n) is 3.65. The molecule has 0 unspecified atom stereocenters. The molecule has 0 bridgehead atoms. The third kappa shape index (κ3) is 3.33. The quantitative estimate of drug-likeness (QED) is 0.842. The number of nitrogens with zero attached hydrogens (tertiary/aromatic N) is 5. The first-order valence-electron chi connectivity index (χ1n) is 7.33. The molecule has 23 heavy (non-hydrogen) atoms. The Morgan fingerprint density at radius 1 is 1.43 bits per heavy atom. The van der Waals surface area contributed by atoms with Crippen LogP contribution in [0.5, 0.6) is 0 Å². The maximum absolute atomic E-state index is 11.3. The van der Waals surface area contributed by atoms with E-state index in [1.54, 1.807) is 11.7 Å². The van der Waals surface area contributed by atoms with E-state index >= 15 is 0 Å². The Kier molecular flexibility index (Phi) is 4.00. The van der Waals surface area contributed by atoms with Crippen molar-refractivity contribution in [3.8, 4) is 11.4 Å². The van der Waals surface area contributed by atoms with Gasteiger partial charge in [-0.15, -0.1) is 0 Å². The number of nitrogens with one attached hydrogen (secondary N) is 1. The van der Waals surface area contributed by atoms with Gasteiger partial charge in [0.25, 0.3) is 0 Å². The summed E-state index contributed by atoms with van der Waals surface area (Å²) in [5.74, 6) is 0.903. The Balaban J connectivity index is 1.78. The van der Waals surface area contributed by atoms with E-state index in [1.165, 1.54) is 0 Å². The third-order valence-corrected chi connectivity index (χ3v) is 3.65. The van der Waals surface area contributed by atoms with Crippen LogP contribution in [-0.2, 0) is 11.8 Å². The summed E-state index contributed by atoms with van der Waals surface area (Å²) in [4.78, 5) is 21.8. The molecule has 1 saturated heterocycles. The van der Waals surface area contributed by atoms with Crippen LogP contribution in [0.15, 0.2) is 18.3 Å². The number of ether oxygens (including phenoxy) is 1. The van der Waals surface area contributed by atoms with Crippen LogP contribution >= 0.6 is 0 Å². The Hall–Kier alpha value is -2.84. The fourth-order valence-corrected chi connectivity index (χ4v) is 2.54. The Bertz CT molecular complexity index is 715. The molecular formula is C14H19N7O2. The standard InChI is InChI=1S/C14H19N7O2/c1-16-14(22)23-9-3-6-21(8-9)12-7-11(17-13(15)18-12)10-4-5-20(2)19-10/h4-5,7,9H,3,6,8H2,1-2H3,(H,16,22)(H2,15,17,18)/t9-/m1/s1. The van der Waals surface area contributed by atoms with Crippen LogP contribution in [0.1, 0.15) is 6.42 Å². The summed E-state index contributed by atoms with van der Waals surface area (Å²) in [6.07, 6.45) is 2.00. The number of carbonyl (C=O) groups is 1. The summed E-state index contributed by atoms with van der Waals surface area (Å²) in [7, 11) is 3.38. The first kappa shape index (κ1) is 15.1. The molecular weight excluding hydrogens is 298 g/mol. The van der Waals surface area contributed by atoms with Crippen molar-refractivity contribution >= 4 is 17.9 Å². The van der Waals surface area contributed by atoms with Crippen LogP contribution in [0, 0.1) is 0 Å². The number of carbonyl (C=O) groups excluding carboxylic acids is 1. The number of rotatable bonds is 3. The molecule has 1 fully saturated rings. The van der Waals surface area contributed by atoms with Gasteiger partial charge in [-0.3, -0.25) is 4.68 Å². The van der Waals surface area contributed by atoms with Gasteiger partial charge >= 0.3 is 6.09 Å². The Morgan fingerprint density at radius 2 is 2.26 bits per heavy atom. The molecule has 3 rings (SSSR count). The second-order valence-electron chi connectivity index (χ2n) is 5.36. The Labute approximate surface area is 133 Å². The second-order valence-corrected chi connectivity index (χ2v) is 5.36. The van der Waals surface area contributed by atoms with E-state index in [9.17, 15) is 4.79 Å². The lowest BCUT2D eigenvalue weighted by atomic mass is 10.3. The summed E-state index contributed by atoms with van der Waals surface area (Å²) in [6, 6.07) is 3.72. The fraction of sp³-hybridized carbons (Fsp3) is 0.429. The van der Waals surface area contributed by atoms with Crippen molar-refractivity contribution in [1.82, 2.24) is 25.1 Å². The number of hydrogen-bond acceptors (Lipinski definition) is 7. The molecule has 0 aliphatic carbocycles. The molecule has 1 atom stereocenters. The van der Waals surface area contributed by atoms with Crippen LogP contribution in [0.3, 0.4) is 0 Å². The fourth-order valence-electron chi connectivity index (χ4n) is 2.54. The van der Waals surface area contributed by atoms with Crippen LogP contribution in [0.2, 0.25) is 0 Å². The van der Waals surface area contributed by atoms with Gasteiger partial charge in [0.1, 0.15) is 17.6 Å². The lowest BCUT2D eigenvalue weighted by molar-refractivity contribution is 0.110. The number of aryl methyl sites for hydroxylation is 1. The van der Waals surface area contributed by atoms with Gasteiger partial charge in [0, 0.05) is 39.3 Å². The predicted molar refractivity (Wildman–Crippen MR) is 84.8 cm³/mol. The van der Waals surface area contributed by atoms with E-state index < -0.39 is 6.09 Å². The van der Waals surface area contributed by atoms with Crippen molar-refractivity contribution in [2.24, 2.45) is 7.05 Å². The van der Waals surface area contributed by atoms with E-state index in [1.807, 2.05) is 30.3 Å². The topological polar surface area (TPSA) is 111 Å². The van der Waals surface area contributed by atoms with E-state index in [4.69, 9.17) is 10.5 Å². The van der Waals surface area contributed by atoms with Crippen LogP contribution in [0.4, 0.5) is 16.6 Å². The molecule has 9 heteroatoms. The van der Waals surface area contributed by atoms with Crippen molar-refractivity contribution in [2.75, 3.05) is 30.8 Å². The van der Waals surface area contributed by atoms with Gasteiger partial charge < -0.3 is 20.7 Å². The number of hydrogen-bond donors (Lipinski definition) is 2. The average Bonchev–Trinajstić information content (AvgIpc) is 3.15. The molecule has 0 aromatic carbocycles. The van der Waals surface area contributed by atoms with Gasteiger partial charge in [-0.05, 0) is 6.07 Å².